The van der Waals surface area contributed by atoms with Gasteiger partial charge in [-0.3, -0.25) is 4.79 Å². The number of hydrogen-bond acceptors (Lipinski definition) is 7. The Balaban J connectivity index is 1.63. The number of aryl methyl sites for hydroxylation is 1. The summed E-state index contributed by atoms with van der Waals surface area (Å²) < 4.78 is 40.4. The molecule has 1 atom stereocenters. The van der Waals surface area contributed by atoms with Crippen LogP contribution in [0.25, 0.3) is 0 Å². The van der Waals surface area contributed by atoms with Crippen LogP contribution < -0.4 is 0 Å². The highest BCUT2D eigenvalue weighted by molar-refractivity contribution is 8.11. The first-order valence-electron chi connectivity index (χ1n) is 11.7. The van der Waals surface area contributed by atoms with E-state index in [-0.39, 0.29) is 10.8 Å². The molecule has 35 heavy (non-hydrogen) atoms. The molecule has 3 aliphatic rings. The van der Waals surface area contributed by atoms with E-state index in [0.29, 0.717) is 63.2 Å². The summed E-state index contributed by atoms with van der Waals surface area (Å²) >= 11 is 1.14. The molecule has 8 nitrogen and oxygen atoms in total. The Morgan fingerprint density at radius 3 is 2.11 bits per heavy atom. The molecule has 2 aromatic carbocycles. The molecule has 1 unspecified atom stereocenters. The van der Waals surface area contributed by atoms with Crippen LogP contribution in [0.4, 0.5) is 0 Å². The predicted octanol–water partition coefficient (Wildman–Crippen LogP) is 2.79. The van der Waals surface area contributed by atoms with Gasteiger partial charge >= 0.3 is 0 Å². The van der Waals surface area contributed by atoms with Crippen molar-refractivity contribution in [2.24, 2.45) is 0 Å². The smallest absolute Gasteiger partial charge is 0.254 e. The summed E-state index contributed by atoms with van der Waals surface area (Å²) in [4.78, 5) is 18.1. The van der Waals surface area contributed by atoms with Gasteiger partial charge in [0.2, 0.25) is 0 Å². The van der Waals surface area contributed by atoms with Crippen molar-refractivity contribution in [3.8, 4) is 0 Å². The van der Waals surface area contributed by atoms with Crippen LogP contribution in [0.1, 0.15) is 17.2 Å². The fourth-order valence-electron chi connectivity index (χ4n) is 4.47. The minimum atomic E-state index is -3.92. The van der Waals surface area contributed by atoms with Crippen LogP contribution >= 0.6 is 11.9 Å². The molecule has 5 rings (SSSR count). The first kappa shape index (κ1) is 24.3. The number of amides is 1. The topological polar surface area (TPSA) is 79.4 Å². The maximum absolute atomic E-state index is 14.0. The first-order valence-corrected chi connectivity index (χ1v) is 14.0. The number of morpholine rings is 2. The van der Waals surface area contributed by atoms with Gasteiger partial charge in [-0.25, -0.2) is 8.42 Å². The third-order valence-electron chi connectivity index (χ3n) is 6.39. The number of rotatable bonds is 5. The number of ether oxygens (including phenoxy) is 2. The third-order valence-corrected chi connectivity index (χ3v) is 9.80. The van der Waals surface area contributed by atoms with Crippen molar-refractivity contribution in [3.63, 3.8) is 0 Å². The van der Waals surface area contributed by atoms with Crippen LogP contribution in [0.15, 0.2) is 70.1 Å². The molecular weight excluding hydrogens is 486 g/mol. The number of carbonyl (C=O) groups is 1. The first-order chi connectivity index (χ1) is 17.0. The Kier molecular flexibility index (Phi) is 7.17. The summed E-state index contributed by atoms with van der Waals surface area (Å²) in [7, 11) is -3.92. The Morgan fingerprint density at radius 1 is 0.886 bits per heavy atom. The molecule has 0 N–H and O–H groups in total. The summed E-state index contributed by atoms with van der Waals surface area (Å²) in [6.07, 6.45) is 0. The van der Waals surface area contributed by atoms with E-state index in [1.54, 1.807) is 29.2 Å². The van der Waals surface area contributed by atoms with E-state index >= 15 is 0 Å². The third kappa shape index (κ3) is 4.85. The van der Waals surface area contributed by atoms with Gasteiger partial charge in [0.05, 0.1) is 48.0 Å². The van der Waals surface area contributed by atoms with E-state index in [2.05, 4.69) is 4.90 Å². The second kappa shape index (κ2) is 10.3. The average molecular weight is 516 g/mol. The predicted molar refractivity (Wildman–Crippen MR) is 134 cm³/mol. The maximum atomic E-state index is 14.0. The van der Waals surface area contributed by atoms with Crippen molar-refractivity contribution in [2.45, 2.75) is 17.9 Å². The molecule has 3 aliphatic heterocycles. The lowest BCUT2D eigenvalue weighted by molar-refractivity contribution is -0.131. The van der Waals surface area contributed by atoms with Gasteiger partial charge < -0.3 is 19.3 Å². The molecule has 10 heteroatoms. The van der Waals surface area contributed by atoms with Crippen LogP contribution in [0.3, 0.4) is 0 Å². The standard InChI is InChI=1S/C25H29N3O5S2/c1-19-7-9-21(10-8-19)35(30,31)28-23(20-5-3-2-4-6-20)22(24(29)26-11-15-32-16-12-26)25(34-28)27-13-17-33-18-14-27/h2-10,23H,11-18H2,1H3. The van der Waals surface area contributed by atoms with Gasteiger partial charge in [0.1, 0.15) is 0 Å². The monoisotopic (exact) mass is 515 g/mol. The molecular formula is C25H29N3O5S2. The Labute approximate surface area is 210 Å². The van der Waals surface area contributed by atoms with Crippen LogP contribution in [0.2, 0.25) is 0 Å². The number of hydrogen-bond donors (Lipinski definition) is 0. The van der Waals surface area contributed by atoms with Crippen LogP contribution in [-0.4, -0.2) is 80.4 Å². The molecule has 3 heterocycles. The van der Waals surface area contributed by atoms with E-state index in [1.807, 2.05) is 37.3 Å². The number of carbonyl (C=O) groups excluding carboxylic acids is 1. The number of nitrogens with zero attached hydrogens (tertiary/aromatic N) is 3. The molecule has 2 fully saturated rings. The summed E-state index contributed by atoms with van der Waals surface area (Å²) in [6.45, 7) is 6.09. The fourth-order valence-corrected chi connectivity index (χ4v) is 7.63. The van der Waals surface area contributed by atoms with Crippen molar-refractivity contribution in [3.05, 3.63) is 76.3 Å². The van der Waals surface area contributed by atoms with E-state index < -0.39 is 16.1 Å². The Bertz CT molecular complexity index is 1190. The van der Waals surface area contributed by atoms with Gasteiger partial charge in [-0.2, -0.15) is 0 Å². The summed E-state index contributed by atoms with van der Waals surface area (Å²) in [5.41, 5.74) is 2.24. The largest absolute Gasteiger partial charge is 0.378 e. The van der Waals surface area contributed by atoms with Gasteiger partial charge in [-0.1, -0.05) is 48.0 Å². The van der Waals surface area contributed by atoms with Crippen LogP contribution in [-0.2, 0) is 24.3 Å². The van der Waals surface area contributed by atoms with Gasteiger partial charge in [0.25, 0.3) is 15.9 Å². The Hall–Kier alpha value is -2.37. The van der Waals surface area contributed by atoms with Gasteiger partial charge in [0.15, 0.2) is 0 Å². The van der Waals surface area contributed by atoms with E-state index in [0.717, 1.165) is 23.1 Å². The highest BCUT2D eigenvalue weighted by Crippen LogP contribution is 2.51. The van der Waals surface area contributed by atoms with Crippen molar-refractivity contribution in [1.29, 1.82) is 0 Å². The lowest BCUT2D eigenvalue weighted by Gasteiger charge is -2.32. The molecule has 1 amide bonds. The van der Waals surface area contributed by atoms with Crippen molar-refractivity contribution in [1.82, 2.24) is 13.5 Å². The highest BCUT2D eigenvalue weighted by atomic mass is 32.3. The minimum Gasteiger partial charge on any atom is -0.378 e. The second-order valence-corrected chi connectivity index (χ2v) is 11.7. The zero-order chi connectivity index (χ0) is 24.4. The highest BCUT2D eigenvalue weighted by Gasteiger charge is 2.48. The van der Waals surface area contributed by atoms with E-state index in [9.17, 15) is 13.2 Å². The summed E-state index contributed by atoms with van der Waals surface area (Å²) in [5.74, 6) is -0.141. The molecule has 2 aromatic rings. The molecule has 0 saturated carbocycles. The van der Waals surface area contributed by atoms with Gasteiger partial charge in [-0.05, 0) is 36.6 Å². The summed E-state index contributed by atoms with van der Waals surface area (Å²) in [6, 6.07) is 15.5. The second-order valence-electron chi connectivity index (χ2n) is 8.70. The summed E-state index contributed by atoms with van der Waals surface area (Å²) in [5, 5.41) is 0.689. The van der Waals surface area contributed by atoms with Gasteiger partial charge in [0, 0.05) is 26.2 Å². The molecule has 0 bridgehead atoms. The maximum Gasteiger partial charge on any atom is 0.254 e. The number of benzene rings is 2. The van der Waals surface area contributed by atoms with E-state index in [4.69, 9.17) is 9.47 Å². The zero-order valence-corrected chi connectivity index (χ0v) is 21.3. The molecule has 0 aliphatic carbocycles. The minimum absolute atomic E-state index is 0.141. The number of sulfonamides is 1. The van der Waals surface area contributed by atoms with Crippen LogP contribution in [0, 0.1) is 6.92 Å². The lowest BCUT2D eigenvalue weighted by Crippen LogP contribution is -2.43. The van der Waals surface area contributed by atoms with Gasteiger partial charge in [-0.15, -0.1) is 3.71 Å². The quantitative estimate of drug-likeness (QED) is 0.567. The molecule has 0 aromatic heterocycles. The fraction of sp³-hybridized carbons (Fsp3) is 0.400. The molecule has 0 spiro atoms. The normalized spacial score (nSPS) is 22.0. The molecule has 0 radical (unpaired) electrons. The van der Waals surface area contributed by atoms with Crippen molar-refractivity contribution >= 4 is 27.9 Å². The van der Waals surface area contributed by atoms with Crippen molar-refractivity contribution < 1.29 is 22.7 Å². The SMILES string of the molecule is Cc1ccc(S(=O)(=O)N2SC(N3CCOCC3)=C(C(=O)N3CCOCC3)C2c2ccccc2)cc1. The molecule has 186 valence electrons. The zero-order valence-electron chi connectivity index (χ0n) is 19.6. The Morgan fingerprint density at radius 2 is 1.49 bits per heavy atom. The van der Waals surface area contributed by atoms with Crippen molar-refractivity contribution in [2.75, 3.05) is 52.6 Å². The molecule has 2 saturated heterocycles. The lowest BCUT2D eigenvalue weighted by atomic mass is 9.98. The van der Waals surface area contributed by atoms with E-state index in [1.165, 1.54) is 3.71 Å². The van der Waals surface area contributed by atoms with Crippen LogP contribution in [0.5, 0.6) is 0 Å². The average Bonchev–Trinajstić information content (AvgIpc) is 3.32.